The average molecular weight is 445 g/mol. The number of aromatic nitrogens is 1. The van der Waals surface area contributed by atoms with Gasteiger partial charge in [0.05, 0.1) is 12.6 Å². The van der Waals surface area contributed by atoms with Crippen molar-refractivity contribution in [3.63, 3.8) is 0 Å². The van der Waals surface area contributed by atoms with Crippen molar-refractivity contribution < 1.29 is 5.11 Å². The molecule has 3 aromatic rings. The van der Waals surface area contributed by atoms with Crippen molar-refractivity contribution in [2.45, 2.75) is 46.3 Å². The van der Waals surface area contributed by atoms with Crippen LogP contribution in [0.4, 0.5) is 0 Å². The third kappa shape index (κ3) is 3.17. The summed E-state index contributed by atoms with van der Waals surface area (Å²) in [5.41, 5.74) is 2.90. The van der Waals surface area contributed by atoms with Crippen molar-refractivity contribution in [1.29, 1.82) is 0 Å². The number of hydrogen-bond donors (Lipinski definition) is 1. The first-order valence-electron chi connectivity index (χ1n) is 11.0. The molecule has 1 N–H and O–H groups in total. The van der Waals surface area contributed by atoms with Gasteiger partial charge in [-0.15, -0.1) is 0 Å². The summed E-state index contributed by atoms with van der Waals surface area (Å²) in [5, 5.41) is 14.7. The third-order valence-electron chi connectivity index (χ3n) is 8.32. The highest BCUT2D eigenvalue weighted by Gasteiger charge is 2.55. The fourth-order valence-corrected chi connectivity index (χ4v) is 6.44. The molecule has 2 heterocycles. The van der Waals surface area contributed by atoms with Gasteiger partial charge in [-0.25, -0.2) is 0 Å². The summed E-state index contributed by atoms with van der Waals surface area (Å²) in [6, 6.07) is 11.9. The predicted octanol–water partition coefficient (Wildman–Crippen LogP) is 6.22. The second-order valence-electron chi connectivity index (χ2n) is 10.3. The first kappa shape index (κ1) is 20.6. The van der Waals surface area contributed by atoms with Gasteiger partial charge >= 0.3 is 0 Å². The Labute approximate surface area is 188 Å². The van der Waals surface area contributed by atoms with Gasteiger partial charge in [-0.3, -0.25) is 4.90 Å². The Balaban J connectivity index is 1.42. The lowest BCUT2D eigenvalue weighted by Gasteiger charge is -2.50. The summed E-state index contributed by atoms with van der Waals surface area (Å²) >= 11 is 12.5. The maximum atomic E-state index is 11.1. The molecule has 5 heteroatoms. The van der Waals surface area contributed by atoms with Crippen molar-refractivity contribution in [2.75, 3.05) is 19.6 Å². The molecule has 0 radical (unpaired) electrons. The van der Waals surface area contributed by atoms with Crippen molar-refractivity contribution >= 4 is 45.0 Å². The highest BCUT2D eigenvalue weighted by Crippen LogP contribution is 2.58. The van der Waals surface area contributed by atoms with Gasteiger partial charge in [0.15, 0.2) is 0 Å². The first-order chi connectivity index (χ1) is 14.2. The molecule has 0 unspecified atom stereocenters. The summed E-state index contributed by atoms with van der Waals surface area (Å²) < 4.78 is 2.21. The van der Waals surface area contributed by atoms with Gasteiger partial charge in [0.25, 0.3) is 0 Å². The van der Waals surface area contributed by atoms with Crippen LogP contribution < -0.4 is 0 Å². The molecular weight excluding hydrogens is 415 g/mol. The van der Waals surface area contributed by atoms with Crippen molar-refractivity contribution in [3.8, 4) is 0 Å². The number of halogens is 2. The zero-order valence-corrected chi connectivity index (χ0v) is 19.5. The van der Waals surface area contributed by atoms with E-state index in [0.29, 0.717) is 34.0 Å². The molecule has 2 aromatic carbocycles. The van der Waals surface area contributed by atoms with E-state index in [1.807, 2.05) is 36.4 Å². The first-order valence-corrected chi connectivity index (χ1v) is 11.7. The number of piperidine rings is 1. The van der Waals surface area contributed by atoms with E-state index in [-0.39, 0.29) is 0 Å². The number of rotatable bonds is 4. The molecule has 1 saturated carbocycles. The average Bonchev–Trinajstić information content (AvgIpc) is 2.97. The highest BCUT2D eigenvalue weighted by atomic mass is 35.5. The summed E-state index contributed by atoms with van der Waals surface area (Å²) in [6.45, 7) is 10.8. The Kier molecular flexibility index (Phi) is 4.90. The standard InChI is InChI=1S/C25H30Cl2N2O/c1-24(2)16-8-9-25(24,3)15-28(12-16)13-19(30)14-29-22-6-4-17(26)10-20(22)21-11-18(27)5-7-23(21)29/h4-7,10-11,16,19,30H,8-9,12-15H2,1-3H3/t16-,19+,25-/m1/s1. The Hall–Kier alpha value is -1.26. The number of β-amino-alcohol motifs (C(OH)–C–C–N with tert-alkyl or cyclic N) is 1. The van der Waals surface area contributed by atoms with Gasteiger partial charge in [0.2, 0.25) is 0 Å². The summed E-state index contributed by atoms with van der Waals surface area (Å²) in [7, 11) is 0. The number of nitrogens with zero attached hydrogens (tertiary/aromatic N) is 2. The van der Waals surface area contributed by atoms with Gasteiger partial charge in [-0.05, 0) is 66.0 Å². The second-order valence-corrected chi connectivity index (χ2v) is 11.2. The Bertz CT molecular complexity index is 1060. The van der Waals surface area contributed by atoms with Crippen LogP contribution in [-0.2, 0) is 6.54 Å². The topological polar surface area (TPSA) is 28.4 Å². The zero-order chi connectivity index (χ0) is 21.3. The molecule has 160 valence electrons. The molecule has 1 aromatic heterocycles. The second kappa shape index (κ2) is 7.13. The number of benzene rings is 2. The van der Waals surface area contributed by atoms with Crippen LogP contribution in [0.2, 0.25) is 10.0 Å². The van der Waals surface area contributed by atoms with Crippen LogP contribution in [0.15, 0.2) is 36.4 Å². The smallest absolute Gasteiger partial charge is 0.0845 e. The lowest BCUT2D eigenvalue weighted by molar-refractivity contribution is -0.0345. The van der Waals surface area contributed by atoms with Gasteiger partial charge in [-0.2, -0.15) is 0 Å². The minimum Gasteiger partial charge on any atom is -0.390 e. The summed E-state index contributed by atoms with van der Waals surface area (Å²) in [6.07, 6.45) is 2.18. The van der Waals surface area contributed by atoms with Crippen molar-refractivity contribution in [1.82, 2.24) is 9.47 Å². The van der Waals surface area contributed by atoms with Crippen LogP contribution in [-0.4, -0.2) is 40.3 Å². The van der Waals surface area contributed by atoms with E-state index in [4.69, 9.17) is 23.2 Å². The predicted molar refractivity (Wildman–Crippen MR) is 127 cm³/mol. The highest BCUT2D eigenvalue weighted by molar-refractivity contribution is 6.33. The Morgan fingerprint density at radius 2 is 1.60 bits per heavy atom. The van der Waals surface area contributed by atoms with Crippen LogP contribution >= 0.6 is 23.2 Å². The van der Waals surface area contributed by atoms with Crippen molar-refractivity contribution in [2.24, 2.45) is 16.7 Å². The van der Waals surface area contributed by atoms with Crippen LogP contribution in [0.5, 0.6) is 0 Å². The normalized spacial score (nSPS) is 27.2. The molecule has 0 amide bonds. The maximum absolute atomic E-state index is 11.1. The van der Waals surface area contributed by atoms with Gasteiger partial charge in [0, 0.05) is 51.5 Å². The third-order valence-corrected chi connectivity index (χ3v) is 8.79. The van der Waals surface area contributed by atoms with E-state index < -0.39 is 6.10 Å². The largest absolute Gasteiger partial charge is 0.390 e. The fourth-order valence-electron chi connectivity index (χ4n) is 6.09. The quantitative estimate of drug-likeness (QED) is 0.517. The number of aliphatic hydroxyl groups excluding tert-OH is 1. The molecule has 1 aliphatic heterocycles. The SMILES string of the molecule is CC1(C)[C@@H]2CC[C@]1(C)CN(C[C@H](O)Cn1c3ccc(Cl)cc3c3cc(Cl)ccc31)C2. The number of fused-ring (bicyclic) bond motifs is 5. The molecular formula is C25H30Cl2N2O. The van der Waals surface area contributed by atoms with Gasteiger partial charge in [-0.1, -0.05) is 44.0 Å². The van der Waals surface area contributed by atoms with Crippen LogP contribution in [0.1, 0.15) is 33.6 Å². The fraction of sp³-hybridized carbons (Fsp3) is 0.520. The molecule has 30 heavy (non-hydrogen) atoms. The Morgan fingerprint density at radius 3 is 2.17 bits per heavy atom. The summed E-state index contributed by atoms with van der Waals surface area (Å²) in [5.74, 6) is 0.723. The van der Waals surface area contributed by atoms with Gasteiger partial charge < -0.3 is 9.67 Å². The molecule has 1 aliphatic carbocycles. The van der Waals surface area contributed by atoms with Crippen molar-refractivity contribution in [3.05, 3.63) is 46.4 Å². The minimum atomic E-state index is -0.431. The van der Waals surface area contributed by atoms with E-state index >= 15 is 0 Å². The molecule has 2 aliphatic rings. The van der Waals surface area contributed by atoms with Crippen LogP contribution in [0.3, 0.4) is 0 Å². The van der Waals surface area contributed by atoms with E-state index in [2.05, 4.69) is 30.2 Å². The van der Waals surface area contributed by atoms with E-state index in [1.54, 1.807) is 0 Å². The maximum Gasteiger partial charge on any atom is 0.0845 e. The number of hydrogen-bond acceptors (Lipinski definition) is 2. The lowest BCUT2D eigenvalue weighted by Crippen LogP contribution is -2.53. The molecule has 3 atom stereocenters. The van der Waals surface area contributed by atoms with Crippen LogP contribution in [0, 0.1) is 16.7 Å². The molecule has 1 saturated heterocycles. The minimum absolute atomic E-state index is 0.343. The van der Waals surface area contributed by atoms with E-state index in [1.165, 1.54) is 12.8 Å². The molecule has 3 nitrogen and oxygen atoms in total. The monoisotopic (exact) mass is 444 g/mol. The number of likely N-dealkylation sites (tertiary alicyclic amines) is 1. The molecule has 5 rings (SSSR count). The molecule has 2 fully saturated rings. The molecule has 2 bridgehead atoms. The van der Waals surface area contributed by atoms with E-state index in [9.17, 15) is 5.11 Å². The van der Waals surface area contributed by atoms with Gasteiger partial charge in [0.1, 0.15) is 0 Å². The Morgan fingerprint density at radius 1 is 1.00 bits per heavy atom. The van der Waals surface area contributed by atoms with Crippen LogP contribution in [0.25, 0.3) is 21.8 Å². The van der Waals surface area contributed by atoms with E-state index in [0.717, 1.165) is 40.8 Å². The summed E-state index contributed by atoms with van der Waals surface area (Å²) in [4.78, 5) is 2.50. The number of aliphatic hydroxyl groups is 1. The zero-order valence-electron chi connectivity index (χ0n) is 18.0. The lowest BCUT2D eigenvalue weighted by atomic mass is 9.63. The molecule has 0 spiro atoms.